The summed E-state index contributed by atoms with van der Waals surface area (Å²) < 4.78 is 52.8. The van der Waals surface area contributed by atoms with Gasteiger partial charge in [0.1, 0.15) is 12.4 Å². The van der Waals surface area contributed by atoms with Crippen LogP contribution in [0.2, 0.25) is 5.02 Å². The van der Waals surface area contributed by atoms with E-state index in [9.17, 15) is 13.2 Å². The Labute approximate surface area is 211 Å². The molecule has 0 aliphatic carbocycles. The minimum Gasteiger partial charge on any atom is -0.475 e. The summed E-state index contributed by atoms with van der Waals surface area (Å²) in [6, 6.07) is 14.1. The molecular formula is C26H25ClF3N3O3. The molecule has 0 aliphatic rings. The molecule has 0 saturated carbocycles. The predicted octanol–water partition coefficient (Wildman–Crippen LogP) is 6.30. The Kier molecular flexibility index (Phi) is 8.79. The second kappa shape index (κ2) is 12.2. The standard InChI is InChI=1S/C26H25ClF3N3O3/c27-22-8-7-18(15-24(22)36-26(28,29)30)16-31-10-3-4-12-34-13-14-35-25-20-9-11-32-17-21(20)19-5-1-2-6-23(19)33-25/h1-2,5-9,11,15,17,31H,3-4,10,12-14,16H2. The van der Waals surface area contributed by atoms with Crippen LogP contribution in [0.5, 0.6) is 11.6 Å². The zero-order chi connectivity index (χ0) is 25.4. The van der Waals surface area contributed by atoms with E-state index in [1.807, 2.05) is 36.5 Å². The number of fused-ring (bicyclic) bond motifs is 3. The minimum atomic E-state index is -4.78. The highest BCUT2D eigenvalue weighted by atomic mass is 35.5. The van der Waals surface area contributed by atoms with E-state index in [1.165, 1.54) is 12.1 Å². The number of alkyl halides is 3. The number of hydrogen-bond acceptors (Lipinski definition) is 6. The molecule has 0 amide bonds. The van der Waals surface area contributed by atoms with Crippen molar-refractivity contribution in [2.45, 2.75) is 25.7 Å². The van der Waals surface area contributed by atoms with Gasteiger partial charge in [-0.15, -0.1) is 13.2 Å². The van der Waals surface area contributed by atoms with E-state index in [1.54, 1.807) is 12.3 Å². The fraction of sp³-hybridized carbons (Fsp3) is 0.308. The van der Waals surface area contributed by atoms with Crippen LogP contribution in [0, 0.1) is 0 Å². The van der Waals surface area contributed by atoms with Crippen molar-refractivity contribution in [2.24, 2.45) is 0 Å². The number of unbranched alkanes of at least 4 members (excludes halogenated alkanes) is 1. The number of hydrogen-bond donors (Lipinski definition) is 1. The zero-order valence-corrected chi connectivity index (χ0v) is 20.1. The van der Waals surface area contributed by atoms with Gasteiger partial charge in [0.25, 0.3) is 0 Å². The quantitative estimate of drug-likeness (QED) is 0.175. The SMILES string of the molecule is FC(F)(F)Oc1cc(CNCCCCOCCOc2nc3ccccc3c3cnccc23)ccc1Cl. The van der Waals surface area contributed by atoms with E-state index in [4.69, 9.17) is 21.1 Å². The molecule has 0 aliphatic heterocycles. The summed E-state index contributed by atoms with van der Waals surface area (Å²) in [6.07, 6.45) is 0.443. The van der Waals surface area contributed by atoms with Crippen LogP contribution >= 0.6 is 11.6 Å². The van der Waals surface area contributed by atoms with Crippen LogP contribution in [0.4, 0.5) is 13.2 Å². The van der Waals surface area contributed by atoms with Gasteiger partial charge in [-0.2, -0.15) is 0 Å². The Bertz CT molecular complexity index is 1300. The van der Waals surface area contributed by atoms with E-state index < -0.39 is 12.1 Å². The molecule has 190 valence electrons. The highest BCUT2D eigenvalue weighted by Crippen LogP contribution is 2.31. The predicted molar refractivity (Wildman–Crippen MR) is 132 cm³/mol. The number of para-hydroxylation sites is 1. The van der Waals surface area contributed by atoms with Gasteiger partial charge in [-0.05, 0) is 49.2 Å². The molecule has 6 nitrogen and oxygen atoms in total. The van der Waals surface area contributed by atoms with Crippen LogP contribution in [0.3, 0.4) is 0 Å². The van der Waals surface area contributed by atoms with E-state index in [-0.39, 0.29) is 5.02 Å². The number of halogens is 4. The second-order valence-electron chi connectivity index (χ2n) is 8.01. The van der Waals surface area contributed by atoms with Gasteiger partial charge in [-0.1, -0.05) is 35.9 Å². The largest absolute Gasteiger partial charge is 0.573 e. The topological polar surface area (TPSA) is 65.5 Å². The summed E-state index contributed by atoms with van der Waals surface area (Å²) in [5, 5.41) is 6.04. The molecule has 0 saturated heterocycles. The van der Waals surface area contributed by atoms with Crippen LogP contribution < -0.4 is 14.8 Å². The van der Waals surface area contributed by atoms with Crippen molar-refractivity contribution in [1.29, 1.82) is 0 Å². The third kappa shape index (κ3) is 7.19. The Morgan fingerprint density at radius 1 is 0.917 bits per heavy atom. The number of benzene rings is 2. The molecule has 1 N–H and O–H groups in total. The summed E-state index contributed by atoms with van der Waals surface area (Å²) in [7, 11) is 0. The molecule has 0 atom stereocenters. The summed E-state index contributed by atoms with van der Waals surface area (Å²) in [6.45, 7) is 2.48. The Morgan fingerprint density at radius 2 is 1.78 bits per heavy atom. The maximum Gasteiger partial charge on any atom is 0.573 e. The average molecular weight is 520 g/mol. The van der Waals surface area contributed by atoms with Gasteiger partial charge >= 0.3 is 6.36 Å². The first-order valence-corrected chi connectivity index (χ1v) is 11.9. The first-order chi connectivity index (χ1) is 17.4. The fourth-order valence-electron chi connectivity index (χ4n) is 3.72. The lowest BCUT2D eigenvalue weighted by Gasteiger charge is -2.12. The molecule has 4 aromatic rings. The number of nitrogens with zero attached hydrogens (tertiary/aromatic N) is 2. The highest BCUT2D eigenvalue weighted by Gasteiger charge is 2.32. The summed E-state index contributed by atoms with van der Waals surface area (Å²) in [5.74, 6) is 0.160. The van der Waals surface area contributed by atoms with Crippen molar-refractivity contribution in [3.8, 4) is 11.6 Å². The molecule has 0 radical (unpaired) electrons. The Morgan fingerprint density at radius 3 is 2.64 bits per heavy atom. The lowest BCUT2D eigenvalue weighted by molar-refractivity contribution is -0.274. The molecule has 2 aromatic heterocycles. The van der Waals surface area contributed by atoms with Crippen molar-refractivity contribution in [3.63, 3.8) is 0 Å². The van der Waals surface area contributed by atoms with Crippen LogP contribution in [0.25, 0.3) is 21.7 Å². The van der Waals surface area contributed by atoms with E-state index in [0.29, 0.717) is 44.4 Å². The van der Waals surface area contributed by atoms with Gasteiger partial charge in [0, 0.05) is 41.7 Å². The third-order valence-electron chi connectivity index (χ3n) is 5.38. The maximum atomic E-state index is 12.4. The van der Waals surface area contributed by atoms with E-state index >= 15 is 0 Å². The molecule has 0 fully saturated rings. The number of ether oxygens (including phenoxy) is 3. The van der Waals surface area contributed by atoms with Crippen LogP contribution in [-0.2, 0) is 11.3 Å². The number of rotatable bonds is 12. The van der Waals surface area contributed by atoms with Crippen LogP contribution in [0.1, 0.15) is 18.4 Å². The Balaban J connectivity index is 1.13. The van der Waals surface area contributed by atoms with Crippen LogP contribution in [0.15, 0.2) is 60.9 Å². The lowest BCUT2D eigenvalue weighted by Crippen LogP contribution is -2.18. The van der Waals surface area contributed by atoms with Crippen molar-refractivity contribution in [1.82, 2.24) is 15.3 Å². The monoisotopic (exact) mass is 519 g/mol. The molecule has 0 bridgehead atoms. The molecule has 2 heterocycles. The van der Waals surface area contributed by atoms with Gasteiger partial charge in [-0.25, -0.2) is 4.98 Å². The lowest BCUT2D eigenvalue weighted by atomic mass is 10.1. The first kappa shape index (κ1) is 25.9. The average Bonchev–Trinajstić information content (AvgIpc) is 2.86. The molecule has 0 unspecified atom stereocenters. The first-order valence-electron chi connectivity index (χ1n) is 11.5. The van der Waals surface area contributed by atoms with Gasteiger partial charge < -0.3 is 19.5 Å². The fourth-order valence-corrected chi connectivity index (χ4v) is 3.88. The third-order valence-corrected chi connectivity index (χ3v) is 5.69. The van der Waals surface area contributed by atoms with Gasteiger partial charge in [0.05, 0.1) is 17.1 Å². The summed E-state index contributed by atoms with van der Waals surface area (Å²) >= 11 is 5.77. The van der Waals surface area contributed by atoms with Crippen molar-refractivity contribution in [3.05, 3.63) is 71.5 Å². The zero-order valence-electron chi connectivity index (χ0n) is 19.4. The van der Waals surface area contributed by atoms with Crippen molar-refractivity contribution < 1.29 is 27.4 Å². The van der Waals surface area contributed by atoms with Crippen molar-refractivity contribution in [2.75, 3.05) is 26.4 Å². The second-order valence-corrected chi connectivity index (χ2v) is 8.42. The molecule has 36 heavy (non-hydrogen) atoms. The minimum absolute atomic E-state index is 0.0844. The normalized spacial score (nSPS) is 11.8. The highest BCUT2D eigenvalue weighted by molar-refractivity contribution is 6.32. The molecule has 0 spiro atoms. The maximum absolute atomic E-state index is 12.4. The van der Waals surface area contributed by atoms with Gasteiger partial charge in [0.2, 0.25) is 5.88 Å². The van der Waals surface area contributed by atoms with E-state index in [2.05, 4.69) is 20.0 Å². The van der Waals surface area contributed by atoms with Crippen molar-refractivity contribution >= 4 is 33.3 Å². The number of pyridine rings is 2. The summed E-state index contributed by atoms with van der Waals surface area (Å²) in [5.41, 5.74) is 1.50. The molecule has 4 rings (SSSR count). The molecule has 2 aromatic carbocycles. The van der Waals surface area contributed by atoms with Gasteiger partial charge in [-0.3, -0.25) is 4.98 Å². The van der Waals surface area contributed by atoms with Gasteiger partial charge in [0.15, 0.2) is 0 Å². The van der Waals surface area contributed by atoms with Crippen LogP contribution in [-0.4, -0.2) is 42.7 Å². The van der Waals surface area contributed by atoms with E-state index in [0.717, 1.165) is 34.5 Å². The number of aromatic nitrogens is 2. The summed E-state index contributed by atoms with van der Waals surface area (Å²) in [4.78, 5) is 8.87. The smallest absolute Gasteiger partial charge is 0.475 e. The Hall–Kier alpha value is -3.14. The molecule has 10 heteroatoms. The number of nitrogens with one attached hydrogen (secondary N) is 1. The molecular weight excluding hydrogens is 495 g/mol.